The Morgan fingerprint density at radius 3 is 2.52 bits per heavy atom. The third-order valence-corrected chi connectivity index (χ3v) is 5.57. The molecule has 27 heavy (non-hydrogen) atoms. The third kappa shape index (κ3) is 4.75. The molecular weight excluding hydrogens is 447 g/mol. The fraction of sp³-hybridized carbons (Fsp3) is 0.409. The van der Waals surface area contributed by atoms with Crippen molar-refractivity contribution in [2.75, 3.05) is 25.0 Å². The highest BCUT2D eigenvalue weighted by atomic mass is 127. The fourth-order valence-corrected chi connectivity index (χ4v) is 3.99. The maximum atomic E-state index is 4.46. The van der Waals surface area contributed by atoms with Gasteiger partial charge in [0.25, 0.3) is 0 Å². The van der Waals surface area contributed by atoms with Crippen molar-refractivity contribution in [3.63, 3.8) is 0 Å². The molecule has 2 N–H and O–H groups in total. The van der Waals surface area contributed by atoms with E-state index in [4.69, 9.17) is 0 Å². The van der Waals surface area contributed by atoms with Gasteiger partial charge in [-0.05, 0) is 43.0 Å². The molecule has 1 aliphatic heterocycles. The minimum Gasteiger partial charge on any atom is -0.369 e. The van der Waals surface area contributed by atoms with Crippen LogP contribution in [-0.4, -0.2) is 38.2 Å². The predicted molar refractivity (Wildman–Crippen MR) is 124 cm³/mol. The maximum absolute atomic E-state index is 4.46. The predicted octanol–water partition coefficient (Wildman–Crippen LogP) is 3.91. The van der Waals surface area contributed by atoms with Crippen LogP contribution in [0.15, 0.2) is 59.6 Å². The SMILES string of the molecule is CN=C(NC1CCN(c2ccccc2)C1)NC1CC1c1ccccc1C.I. The molecule has 4 rings (SSSR count). The minimum absolute atomic E-state index is 0. The summed E-state index contributed by atoms with van der Waals surface area (Å²) in [4.78, 5) is 6.90. The highest BCUT2D eigenvalue weighted by molar-refractivity contribution is 14.0. The van der Waals surface area contributed by atoms with Gasteiger partial charge >= 0.3 is 0 Å². The first-order valence-electron chi connectivity index (χ1n) is 9.60. The van der Waals surface area contributed by atoms with Gasteiger partial charge < -0.3 is 15.5 Å². The molecule has 1 heterocycles. The highest BCUT2D eigenvalue weighted by Crippen LogP contribution is 2.42. The van der Waals surface area contributed by atoms with Crippen LogP contribution < -0.4 is 15.5 Å². The number of nitrogens with one attached hydrogen (secondary N) is 2. The number of rotatable bonds is 4. The summed E-state index contributed by atoms with van der Waals surface area (Å²) in [6, 6.07) is 20.3. The molecule has 2 aromatic carbocycles. The number of hydrogen-bond donors (Lipinski definition) is 2. The lowest BCUT2D eigenvalue weighted by atomic mass is 10.0. The number of para-hydroxylation sites is 1. The lowest BCUT2D eigenvalue weighted by molar-refractivity contribution is 0.646. The number of hydrogen-bond acceptors (Lipinski definition) is 2. The normalized spacial score (nSPS) is 24.3. The summed E-state index contributed by atoms with van der Waals surface area (Å²) in [5, 5.41) is 7.24. The molecule has 3 atom stereocenters. The van der Waals surface area contributed by atoms with Gasteiger partial charge in [-0.1, -0.05) is 42.5 Å². The van der Waals surface area contributed by atoms with Crippen molar-refractivity contribution in [3.8, 4) is 0 Å². The Hall–Kier alpha value is -1.76. The summed E-state index contributed by atoms with van der Waals surface area (Å²) < 4.78 is 0. The smallest absolute Gasteiger partial charge is 0.191 e. The van der Waals surface area contributed by atoms with Gasteiger partial charge in [-0.15, -0.1) is 24.0 Å². The first-order valence-corrected chi connectivity index (χ1v) is 9.60. The van der Waals surface area contributed by atoms with Crippen LogP contribution >= 0.6 is 24.0 Å². The lowest BCUT2D eigenvalue weighted by Gasteiger charge is -2.20. The van der Waals surface area contributed by atoms with E-state index < -0.39 is 0 Å². The van der Waals surface area contributed by atoms with Crippen LogP contribution in [0.2, 0.25) is 0 Å². The molecule has 1 saturated heterocycles. The van der Waals surface area contributed by atoms with E-state index in [9.17, 15) is 0 Å². The summed E-state index contributed by atoms with van der Waals surface area (Å²) in [6.45, 7) is 4.32. The van der Waals surface area contributed by atoms with E-state index in [0.29, 0.717) is 18.0 Å². The molecule has 0 amide bonds. The highest BCUT2D eigenvalue weighted by Gasteiger charge is 2.40. The largest absolute Gasteiger partial charge is 0.369 e. The van der Waals surface area contributed by atoms with Crippen LogP contribution in [0.4, 0.5) is 5.69 Å². The zero-order valence-electron chi connectivity index (χ0n) is 16.1. The molecule has 2 fully saturated rings. The van der Waals surface area contributed by atoms with Crippen molar-refractivity contribution in [1.29, 1.82) is 0 Å². The minimum atomic E-state index is 0. The van der Waals surface area contributed by atoms with Gasteiger partial charge in [0.15, 0.2) is 5.96 Å². The molecule has 3 unspecified atom stereocenters. The summed E-state index contributed by atoms with van der Waals surface area (Å²) >= 11 is 0. The average Bonchev–Trinajstić information content (AvgIpc) is 3.27. The van der Waals surface area contributed by atoms with E-state index in [-0.39, 0.29) is 24.0 Å². The molecule has 0 aromatic heterocycles. The Morgan fingerprint density at radius 1 is 1.04 bits per heavy atom. The van der Waals surface area contributed by atoms with Crippen molar-refractivity contribution in [3.05, 3.63) is 65.7 Å². The summed E-state index contributed by atoms with van der Waals surface area (Å²) in [5.41, 5.74) is 4.16. The molecule has 0 spiro atoms. The number of aliphatic imine (C=N–C) groups is 1. The molecule has 0 bridgehead atoms. The summed E-state index contributed by atoms with van der Waals surface area (Å²) in [5.74, 6) is 1.55. The quantitative estimate of drug-likeness (QED) is 0.400. The monoisotopic (exact) mass is 476 g/mol. The van der Waals surface area contributed by atoms with Crippen LogP contribution in [-0.2, 0) is 0 Å². The Morgan fingerprint density at radius 2 is 1.78 bits per heavy atom. The van der Waals surface area contributed by atoms with Crippen molar-refractivity contribution in [2.24, 2.45) is 4.99 Å². The molecule has 4 nitrogen and oxygen atoms in total. The van der Waals surface area contributed by atoms with Crippen LogP contribution in [0.3, 0.4) is 0 Å². The van der Waals surface area contributed by atoms with Gasteiger partial charge in [-0.3, -0.25) is 4.99 Å². The van der Waals surface area contributed by atoms with Gasteiger partial charge in [-0.2, -0.15) is 0 Å². The van der Waals surface area contributed by atoms with Crippen LogP contribution in [0.25, 0.3) is 0 Å². The first kappa shape index (κ1) is 20.0. The van der Waals surface area contributed by atoms with Crippen LogP contribution in [0.1, 0.15) is 29.9 Å². The Bertz CT molecular complexity index is 777. The zero-order chi connectivity index (χ0) is 17.9. The molecule has 2 aliphatic rings. The second-order valence-corrected chi connectivity index (χ2v) is 7.43. The van der Waals surface area contributed by atoms with Gasteiger partial charge in [0.1, 0.15) is 0 Å². The number of nitrogens with zero attached hydrogens (tertiary/aromatic N) is 2. The standard InChI is InChI=1S/C22H28N4.HI/c1-16-8-6-7-11-19(16)20-14-21(20)25-22(23-2)24-17-12-13-26(15-17)18-9-4-3-5-10-18;/h3-11,17,20-21H,12-15H2,1-2H3,(H2,23,24,25);1H. The van der Waals surface area contributed by atoms with E-state index in [0.717, 1.165) is 25.5 Å². The molecular formula is C22H29IN4. The number of benzene rings is 2. The van der Waals surface area contributed by atoms with Gasteiger partial charge in [0.2, 0.25) is 0 Å². The molecule has 2 aromatic rings. The van der Waals surface area contributed by atoms with E-state index in [1.165, 1.54) is 23.2 Å². The average molecular weight is 476 g/mol. The molecule has 5 heteroatoms. The Balaban J connectivity index is 0.00000210. The van der Waals surface area contributed by atoms with Gasteiger partial charge in [-0.25, -0.2) is 0 Å². The van der Waals surface area contributed by atoms with E-state index in [1.807, 2.05) is 7.05 Å². The van der Waals surface area contributed by atoms with Crippen molar-refractivity contribution in [2.45, 2.75) is 37.8 Å². The maximum Gasteiger partial charge on any atom is 0.191 e. The second kappa shape index (κ2) is 8.95. The third-order valence-electron chi connectivity index (χ3n) is 5.57. The van der Waals surface area contributed by atoms with Crippen molar-refractivity contribution < 1.29 is 0 Å². The summed E-state index contributed by atoms with van der Waals surface area (Å²) in [7, 11) is 1.87. The van der Waals surface area contributed by atoms with Gasteiger partial charge in [0, 0.05) is 43.8 Å². The summed E-state index contributed by atoms with van der Waals surface area (Å²) in [6.07, 6.45) is 2.33. The topological polar surface area (TPSA) is 39.7 Å². The van der Waals surface area contributed by atoms with E-state index in [2.05, 4.69) is 82.0 Å². The van der Waals surface area contributed by atoms with Gasteiger partial charge in [0.05, 0.1) is 0 Å². The Kier molecular flexibility index (Phi) is 6.63. The first-order chi connectivity index (χ1) is 12.7. The number of guanidine groups is 1. The fourth-order valence-electron chi connectivity index (χ4n) is 3.99. The van der Waals surface area contributed by atoms with Crippen molar-refractivity contribution in [1.82, 2.24) is 10.6 Å². The van der Waals surface area contributed by atoms with E-state index in [1.54, 1.807) is 0 Å². The zero-order valence-corrected chi connectivity index (χ0v) is 18.4. The number of anilines is 1. The molecule has 0 radical (unpaired) electrons. The van der Waals surface area contributed by atoms with E-state index >= 15 is 0 Å². The molecule has 144 valence electrons. The van der Waals surface area contributed by atoms with Crippen molar-refractivity contribution >= 4 is 35.6 Å². The Labute approximate surface area is 179 Å². The van der Waals surface area contributed by atoms with Crippen LogP contribution in [0.5, 0.6) is 0 Å². The second-order valence-electron chi connectivity index (χ2n) is 7.43. The van der Waals surface area contributed by atoms with Crippen LogP contribution in [0, 0.1) is 6.92 Å². The number of aryl methyl sites for hydroxylation is 1. The molecule has 1 aliphatic carbocycles. The molecule has 1 saturated carbocycles. The number of halogens is 1. The lowest BCUT2D eigenvalue weighted by Crippen LogP contribution is -2.45.